The number of nitrogens with one attached hydrogen (secondary N) is 1. The van der Waals surface area contributed by atoms with Gasteiger partial charge in [-0.25, -0.2) is 13.1 Å². The van der Waals surface area contributed by atoms with Gasteiger partial charge < -0.3 is 10.1 Å². The third-order valence-electron chi connectivity index (χ3n) is 6.11. The van der Waals surface area contributed by atoms with Gasteiger partial charge in [-0.1, -0.05) is 26.0 Å². The molecule has 1 aliphatic carbocycles. The predicted octanol–water partition coefficient (Wildman–Crippen LogP) is 3.04. The number of para-hydroxylation sites is 1. The third kappa shape index (κ3) is 3.33. The largest absolute Gasteiger partial charge is 0.492 e. The zero-order chi connectivity index (χ0) is 20.4. The Morgan fingerprint density at radius 2 is 2.07 bits per heavy atom. The van der Waals surface area contributed by atoms with Gasteiger partial charge in [0.25, 0.3) is 5.91 Å². The van der Waals surface area contributed by atoms with Gasteiger partial charge in [-0.2, -0.15) is 5.10 Å². The van der Waals surface area contributed by atoms with Gasteiger partial charge in [0.1, 0.15) is 11.6 Å². The maximum absolute atomic E-state index is 13.1. The molecule has 1 unspecified atom stereocenters. The van der Waals surface area contributed by atoms with Gasteiger partial charge in [0.15, 0.2) is 9.84 Å². The molecule has 3 heterocycles. The molecule has 0 bridgehead atoms. The van der Waals surface area contributed by atoms with Crippen LogP contribution in [0.25, 0.3) is 0 Å². The standard InChI is InChI=1S/C21H25N3O4S/c1-21(2)12-28-19-15(4-3-5-16(19)21)20(25)22-18-10-17(13-6-7-13)23-24(18)14-8-9-29(26,27)11-14/h3-5,10,13-14H,6-9,11-12H2,1-2H3,(H,22,25). The lowest BCUT2D eigenvalue weighted by atomic mass is 9.86. The van der Waals surface area contributed by atoms with Gasteiger partial charge in [0, 0.05) is 23.0 Å². The van der Waals surface area contributed by atoms with Crippen LogP contribution < -0.4 is 10.1 Å². The summed E-state index contributed by atoms with van der Waals surface area (Å²) in [5, 5.41) is 7.65. The van der Waals surface area contributed by atoms with Crippen LogP contribution in [0.3, 0.4) is 0 Å². The van der Waals surface area contributed by atoms with Gasteiger partial charge in [-0.15, -0.1) is 0 Å². The molecule has 1 aromatic heterocycles. The smallest absolute Gasteiger partial charge is 0.260 e. The van der Waals surface area contributed by atoms with Gasteiger partial charge in [-0.3, -0.25) is 4.79 Å². The first-order valence-corrected chi connectivity index (χ1v) is 11.9. The summed E-state index contributed by atoms with van der Waals surface area (Å²) in [4.78, 5) is 13.1. The van der Waals surface area contributed by atoms with Crippen molar-refractivity contribution in [3.63, 3.8) is 0 Å². The number of aromatic nitrogens is 2. The number of hydrogen-bond donors (Lipinski definition) is 1. The van der Waals surface area contributed by atoms with Crippen molar-refractivity contribution < 1.29 is 17.9 Å². The van der Waals surface area contributed by atoms with Crippen molar-refractivity contribution >= 4 is 21.6 Å². The number of rotatable bonds is 4. The van der Waals surface area contributed by atoms with Gasteiger partial charge in [-0.05, 0) is 25.3 Å². The number of amides is 1. The maximum Gasteiger partial charge on any atom is 0.260 e. The van der Waals surface area contributed by atoms with Crippen LogP contribution in [0.5, 0.6) is 5.75 Å². The summed E-state index contributed by atoms with van der Waals surface area (Å²) in [6, 6.07) is 7.30. The summed E-state index contributed by atoms with van der Waals surface area (Å²) in [7, 11) is -3.05. The molecule has 1 saturated heterocycles. The topological polar surface area (TPSA) is 90.3 Å². The van der Waals surface area contributed by atoms with E-state index in [1.807, 2.05) is 18.2 Å². The second kappa shape index (κ2) is 6.32. The fourth-order valence-corrected chi connectivity index (χ4v) is 5.94. The fraction of sp³-hybridized carbons (Fsp3) is 0.524. The molecule has 2 aromatic rings. The van der Waals surface area contributed by atoms with Crippen molar-refractivity contribution in [2.45, 2.75) is 50.5 Å². The van der Waals surface area contributed by atoms with Crippen LogP contribution in [0.15, 0.2) is 24.3 Å². The summed E-state index contributed by atoms with van der Waals surface area (Å²) in [6.45, 7) is 4.73. The van der Waals surface area contributed by atoms with Gasteiger partial charge in [0.2, 0.25) is 0 Å². The van der Waals surface area contributed by atoms with Gasteiger partial charge >= 0.3 is 0 Å². The van der Waals surface area contributed by atoms with E-state index in [0.717, 1.165) is 24.1 Å². The predicted molar refractivity (Wildman–Crippen MR) is 109 cm³/mol. The number of fused-ring (bicyclic) bond motifs is 1. The minimum Gasteiger partial charge on any atom is -0.492 e. The molecule has 5 rings (SSSR count). The van der Waals surface area contributed by atoms with Crippen molar-refractivity contribution in [1.82, 2.24) is 9.78 Å². The monoisotopic (exact) mass is 415 g/mol. The van der Waals surface area contributed by atoms with E-state index in [-0.39, 0.29) is 28.9 Å². The molecule has 7 nitrogen and oxygen atoms in total. The molecule has 8 heteroatoms. The first kappa shape index (κ1) is 18.7. The third-order valence-corrected chi connectivity index (χ3v) is 7.86. The molecule has 1 atom stereocenters. The van der Waals surface area contributed by atoms with Crippen LogP contribution in [-0.4, -0.2) is 42.2 Å². The molecule has 2 fully saturated rings. The van der Waals surface area contributed by atoms with Crippen LogP contribution in [0, 0.1) is 0 Å². The average molecular weight is 416 g/mol. The lowest BCUT2D eigenvalue weighted by Gasteiger charge is -2.16. The normalized spacial score (nSPS) is 24.1. The van der Waals surface area contributed by atoms with E-state index in [1.54, 1.807) is 10.7 Å². The Hall–Kier alpha value is -2.35. The number of benzene rings is 1. The van der Waals surface area contributed by atoms with Crippen molar-refractivity contribution in [3.05, 3.63) is 41.1 Å². The molecule has 1 amide bonds. The van der Waals surface area contributed by atoms with Gasteiger partial charge in [0.05, 0.1) is 35.4 Å². The van der Waals surface area contributed by atoms with Crippen molar-refractivity contribution in [3.8, 4) is 5.75 Å². The zero-order valence-electron chi connectivity index (χ0n) is 16.6. The lowest BCUT2D eigenvalue weighted by molar-refractivity contribution is 0.102. The quantitative estimate of drug-likeness (QED) is 0.829. The number of nitrogens with zero attached hydrogens (tertiary/aromatic N) is 2. The first-order valence-electron chi connectivity index (χ1n) is 10.1. The molecule has 0 spiro atoms. The van der Waals surface area contributed by atoms with Crippen LogP contribution in [0.4, 0.5) is 5.82 Å². The molecule has 1 saturated carbocycles. The summed E-state index contributed by atoms with van der Waals surface area (Å²) in [5.41, 5.74) is 2.32. The van der Waals surface area contributed by atoms with Crippen molar-refractivity contribution in [1.29, 1.82) is 0 Å². The number of anilines is 1. The molecule has 0 radical (unpaired) electrons. The van der Waals surface area contributed by atoms with Crippen LogP contribution in [0.2, 0.25) is 0 Å². The van der Waals surface area contributed by atoms with E-state index in [2.05, 4.69) is 24.3 Å². The van der Waals surface area contributed by atoms with E-state index < -0.39 is 9.84 Å². The minimum atomic E-state index is -3.05. The highest BCUT2D eigenvalue weighted by atomic mass is 32.2. The summed E-state index contributed by atoms with van der Waals surface area (Å²) < 4.78 is 31.5. The average Bonchev–Trinajstić information content (AvgIpc) is 3.23. The highest BCUT2D eigenvalue weighted by Crippen LogP contribution is 2.42. The number of sulfone groups is 1. The fourth-order valence-electron chi connectivity index (χ4n) is 4.25. The summed E-state index contributed by atoms with van der Waals surface area (Å²) in [5.74, 6) is 1.58. The highest BCUT2D eigenvalue weighted by Gasteiger charge is 2.36. The Morgan fingerprint density at radius 3 is 2.76 bits per heavy atom. The zero-order valence-corrected chi connectivity index (χ0v) is 17.5. The molecule has 154 valence electrons. The maximum atomic E-state index is 13.1. The highest BCUT2D eigenvalue weighted by molar-refractivity contribution is 7.91. The van der Waals surface area contributed by atoms with E-state index >= 15 is 0 Å². The SMILES string of the molecule is CC1(C)COc2c(C(=O)Nc3cc(C4CC4)nn3C3CCS(=O)(=O)C3)cccc21. The molecule has 2 aliphatic heterocycles. The second-order valence-electron chi connectivity index (χ2n) is 9.04. The summed E-state index contributed by atoms with van der Waals surface area (Å²) >= 11 is 0. The Bertz CT molecular complexity index is 1100. The van der Waals surface area contributed by atoms with E-state index in [4.69, 9.17) is 4.74 Å². The molecule has 1 N–H and O–H groups in total. The Labute approximate surface area is 170 Å². The summed E-state index contributed by atoms with van der Waals surface area (Å²) in [6.07, 6.45) is 2.69. The minimum absolute atomic E-state index is 0.0691. The Morgan fingerprint density at radius 1 is 1.28 bits per heavy atom. The molecule has 3 aliphatic rings. The first-order chi connectivity index (χ1) is 13.7. The number of ether oxygens (including phenoxy) is 1. The molecular formula is C21H25N3O4S. The lowest BCUT2D eigenvalue weighted by Crippen LogP contribution is -2.20. The van der Waals surface area contributed by atoms with E-state index in [9.17, 15) is 13.2 Å². The van der Waals surface area contributed by atoms with Crippen molar-refractivity contribution in [2.24, 2.45) is 0 Å². The van der Waals surface area contributed by atoms with Crippen molar-refractivity contribution in [2.75, 3.05) is 23.4 Å². The molecule has 29 heavy (non-hydrogen) atoms. The Kier molecular flexibility index (Phi) is 4.07. The van der Waals surface area contributed by atoms with E-state index in [0.29, 0.717) is 36.1 Å². The van der Waals surface area contributed by atoms with Crippen LogP contribution >= 0.6 is 0 Å². The Balaban J connectivity index is 1.47. The van der Waals surface area contributed by atoms with Crippen LogP contribution in [0.1, 0.15) is 66.7 Å². The molecular weight excluding hydrogens is 390 g/mol. The number of carbonyl (C=O) groups is 1. The number of carbonyl (C=O) groups excluding carboxylic acids is 1. The van der Waals surface area contributed by atoms with Crippen LogP contribution in [-0.2, 0) is 15.3 Å². The number of hydrogen-bond acceptors (Lipinski definition) is 5. The molecule has 1 aromatic carbocycles. The second-order valence-corrected chi connectivity index (χ2v) is 11.3. The van der Waals surface area contributed by atoms with E-state index in [1.165, 1.54) is 0 Å².